The minimum absolute atomic E-state index is 0.337. The average Bonchev–Trinajstić information content (AvgIpc) is 3.09. The SMILES string of the molecule is N#Cc1ccc(N(Cc2cc(Cl)ccc2Cl)[C@H]2CCNC2)cc1Cl. The molecule has 3 rings (SSSR count). The number of nitrogens with one attached hydrogen (secondary N) is 1. The number of anilines is 1. The summed E-state index contributed by atoms with van der Waals surface area (Å²) in [5, 5.41) is 14.3. The van der Waals surface area contributed by atoms with Crippen LogP contribution in [0.5, 0.6) is 0 Å². The second-order valence-electron chi connectivity index (χ2n) is 5.79. The lowest BCUT2D eigenvalue weighted by Gasteiger charge is -2.31. The van der Waals surface area contributed by atoms with Gasteiger partial charge in [0, 0.05) is 34.9 Å². The molecule has 1 fully saturated rings. The summed E-state index contributed by atoms with van der Waals surface area (Å²) in [6, 6.07) is 13.5. The molecular weight excluding hydrogens is 365 g/mol. The van der Waals surface area contributed by atoms with Gasteiger partial charge in [-0.3, -0.25) is 0 Å². The molecule has 2 aromatic rings. The first-order valence-corrected chi connectivity index (χ1v) is 8.83. The molecule has 0 radical (unpaired) electrons. The van der Waals surface area contributed by atoms with Gasteiger partial charge in [0.25, 0.3) is 0 Å². The van der Waals surface area contributed by atoms with Gasteiger partial charge in [0.2, 0.25) is 0 Å². The van der Waals surface area contributed by atoms with E-state index in [-0.39, 0.29) is 0 Å². The van der Waals surface area contributed by atoms with Crippen LogP contribution in [0, 0.1) is 11.3 Å². The smallest absolute Gasteiger partial charge is 0.101 e. The summed E-state index contributed by atoms with van der Waals surface area (Å²) in [6.45, 7) is 2.51. The van der Waals surface area contributed by atoms with Crippen molar-refractivity contribution in [2.24, 2.45) is 0 Å². The van der Waals surface area contributed by atoms with E-state index in [0.29, 0.717) is 33.2 Å². The summed E-state index contributed by atoms with van der Waals surface area (Å²) in [5.41, 5.74) is 2.42. The molecule has 0 aromatic heterocycles. The average molecular weight is 381 g/mol. The molecular formula is C18H16Cl3N3. The van der Waals surface area contributed by atoms with E-state index < -0.39 is 0 Å². The summed E-state index contributed by atoms with van der Waals surface area (Å²) in [7, 11) is 0. The molecule has 2 aromatic carbocycles. The van der Waals surface area contributed by atoms with Gasteiger partial charge in [-0.25, -0.2) is 0 Å². The van der Waals surface area contributed by atoms with Gasteiger partial charge in [0.05, 0.1) is 10.6 Å². The van der Waals surface area contributed by atoms with Crippen LogP contribution in [-0.4, -0.2) is 19.1 Å². The second-order valence-corrected chi connectivity index (χ2v) is 7.04. The number of halogens is 3. The quantitative estimate of drug-likeness (QED) is 0.821. The molecule has 0 amide bonds. The maximum Gasteiger partial charge on any atom is 0.101 e. The third-order valence-electron chi connectivity index (χ3n) is 4.23. The van der Waals surface area contributed by atoms with Gasteiger partial charge in [0.1, 0.15) is 6.07 Å². The van der Waals surface area contributed by atoms with E-state index in [1.807, 2.05) is 24.3 Å². The first-order valence-electron chi connectivity index (χ1n) is 7.69. The van der Waals surface area contributed by atoms with Crippen molar-refractivity contribution in [1.82, 2.24) is 5.32 Å². The minimum Gasteiger partial charge on any atom is -0.363 e. The molecule has 6 heteroatoms. The van der Waals surface area contributed by atoms with E-state index in [0.717, 1.165) is 30.8 Å². The highest BCUT2D eigenvalue weighted by Gasteiger charge is 2.24. The summed E-state index contributed by atoms with van der Waals surface area (Å²) in [4.78, 5) is 2.27. The van der Waals surface area contributed by atoms with Crippen molar-refractivity contribution in [3.8, 4) is 6.07 Å². The summed E-state index contributed by atoms with van der Waals surface area (Å²) < 4.78 is 0. The molecule has 0 aliphatic carbocycles. The highest BCUT2D eigenvalue weighted by molar-refractivity contribution is 6.33. The Morgan fingerprint density at radius 2 is 1.96 bits per heavy atom. The Hall–Kier alpha value is -1.44. The molecule has 0 bridgehead atoms. The van der Waals surface area contributed by atoms with E-state index in [4.69, 9.17) is 40.1 Å². The zero-order valence-corrected chi connectivity index (χ0v) is 15.2. The van der Waals surface area contributed by atoms with Crippen LogP contribution >= 0.6 is 34.8 Å². The van der Waals surface area contributed by atoms with Gasteiger partial charge in [-0.1, -0.05) is 34.8 Å². The van der Waals surface area contributed by atoms with E-state index in [1.54, 1.807) is 12.1 Å². The normalized spacial score (nSPS) is 16.8. The lowest BCUT2D eigenvalue weighted by molar-refractivity contribution is 0.631. The number of nitriles is 1. The number of nitrogens with zero attached hydrogens (tertiary/aromatic N) is 2. The summed E-state index contributed by atoms with van der Waals surface area (Å²) in [5.74, 6) is 0. The largest absolute Gasteiger partial charge is 0.363 e. The number of hydrogen-bond donors (Lipinski definition) is 1. The van der Waals surface area contributed by atoms with Crippen LogP contribution in [0.1, 0.15) is 17.5 Å². The maximum absolute atomic E-state index is 9.07. The molecule has 0 saturated carbocycles. The molecule has 1 aliphatic heterocycles. The van der Waals surface area contributed by atoms with Gasteiger partial charge in [-0.05, 0) is 54.9 Å². The third-order valence-corrected chi connectivity index (χ3v) is 5.14. The Balaban J connectivity index is 1.96. The van der Waals surface area contributed by atoms with Gasteiger partial charge < -0.3 is 10.2 Å². The molecule has 3 nitrogen and oxygen atoms in total. The lowest BCUT2D eigenvalue weighted by atomic mass is 10.1. The maximum atomic E-state index is 9.07. The summed E-state index contributed by atoms with van der Waals surface area (Å²) >= 11 is 18.7. The second kappa shape index (κ2) is 7.63. The molecule has 1 heterocycles. The van der Waals surface area contributed by atoms with Gasteiger partial charge >= 0.3 is 0 Å². The molecule has 1 aliphatic rings. The van der Waals surface area contributed by atoms with Crippen molar-refractivity contribution in [1.29, 1.82) is 5.26 Å². The molecule has 124 valence electrons. The van der Waals surface area contributed by atoms with Crippen LogP contribution in [0.3, 0.4) is 0 Å². The van der Waals surface area contributed by atoms with Gasteiger partial charge in [0.15, 0.2) is 0 Å². The first kappa shape index (κ1) is 17.4. The van der Waals surface area contributed by atoms with E-state index in [1.165, 1.54) is 0 Å². The van der Waals surface area contributed by atoms with Crippen molar-refractivity contribution in [2.45, 2.75) is 19.0 Å². The Morgan fingerprint density at radius 3 is 2.62 bits per heavy atom. The fourth-order valence-corrected chi connectivity index (χ4v) is 3.55. The minimum atomic E-state index is 0.337. The number of hydrogen-bond acceptors (Lipinski definition) is 3. The first-order chi connectivity index (χ1) is 11.6. The summed E-state index contributed by atoms with van der Waals surface area (Å²) in [6.07, 6.45) is 1.04. The molecule has 0 unspecified atom stereocenters. The molecule has 1 atom stereocenters. The number of benzene rings is 2. The molecule has 24 heavy (non-hydrogen) atoms. The molecule has 1 saturated heterocycles. The van der Waals surface area contributed by atoms with E-state index >= 15 is 0 Å². The number of rotatable bonds is 4. The predicted octanol–water partition coefficient (Wildman–Crippen LogP) is 4.89. The Kier molecular flexibility index (Phi) is 5.53. The predicted molar refractivity (Wildman–Crippen MR) is 100 cm³/mol. The van der Waals surface area contributed by atoms with Crippen molar-refractivity contribution in [3.05, 3.63) is 62.6 Å². The fraction of sp³-hybridized carbons (Fsp3) is 0.278. The third kappa shape index (κ3) is 3.79. The van der Waals surface area contributed by atoms with Gasteiger partial charge in [-0.2, -0.15) is 5.26 Å². The van der Waals surface area contributed by atoms with E-state index in [9.17, 15) is 0 Å². The lowest BCUT2D eigenvalue weighted by Crippen LogP contribution is -2.36. The zero-order valence-electron chi connectivity index (χ0n) is 12.9. The van der Waals surface area contributed by atoms with Crippen LogP contribution in [0.15, 0.2) is 36.4 Å². The fourth-order valence-electron chi connectivity index (χ4n) is 2.96. The monoisotopic (exact) mass is 379 g/mol. The van der Waals surface area contributed by atoms with Crippen LogP contribution in [-0.2, 0) is 6.54 Å². The molecule has 0 spiro atoms. The highest BCUT2D eigenvalue weighted by atomic mass is 35.5. The van der Waals surface area contributed by atoms with Crippen LogP contribution in [0.4, 0.5) is 5.69 Å². The topological polar surface area (TPSA) is 39.1 Å². The highest BCUT2D eigenvalue weighted by Crippen LogP contribution is 2.30. The van der Waals surface area contributed by atoms with Crippen LogP contribution in [0.25, 0.3) is 0 Å². The van der Waals surface area contributed by atoms with Crippen molar-refractivity contribution in [3.63, 3.8) is 0 Å². The standard InChI is InChI=1S/C18H16Cl3N3/c19-14-2-4-17(20)13(7-14)11-24(16-5-6-23-10-16)15-3-1-12(9-22)18(21)8-15/h1-4,7-8,16,23H,5-6,10-11H2/t16-/m0/s1. The zero-order chi connectivity index (χ0) is 17.1. The Morgan fingerprint density at radius 1 is 1.12 bits per heavy atom. The van der Waals surface area contributed by atoms with Crippen molar-refractivity contribution < 1.29 is 0 Å². The van der Waals surface area contributed by atoms with Crippen molar-refractivity contribution >= 4 is 40.5 Å². The van der Waals surface area contributed by atoms with Crippen molar-refractivity contribution in [2.75, 3.05) is 18.0 Å². The van der Waals surface area contributed by atoms with Crippen LogP contribution in [0.2, 0.25) is 15.1 Å². The Labute approximate surface area is 156 Å². The van der Waals surface area contributed by atoms with Gasteiger partial charge in [-0.15, -0.1) is 0 Å². The molecule has 1 N–H and O–H groups in total. The van der Waals surface area contributed by atoms with E-state index in [2.05, 4.69) is 16.3 Å². The Bertz CT molecular complexity index is 780. The van der Waals surface area contributed by atoms with Crippen LogP contribution < -0.4 is 10.2 Å².